The molecule has 0 aliphatic rings. The normalized spacial score (nSPS) is 11.2. The van der Waals surface area contributed by atoms with Crippen LogP contribution in [0.1, 0.15) is 10.4 Å². The summed E-state index contributed by atoms with van der Waals surface area (Å²) in [7, 11) is -0.415. The van der Waals surface area contributed by atoms with Crippen LogP contribution in [0, 0.1) is 0 Å². The van der Waals surface area contributed by atoms with Gasteiger partial charge in [-0.25, -0.2) is 18.0 Å². The largest absolute Gasteiger partial charge is 0.493 e. The number of methoxy groups -OCH3 is 3. The minimum Gasteiger partial charge on any atom is -0.493 e. The molecule has 1 heterocycles. The summed E-state index contributed by atoms with van der Waals surface area (Å²) in [6, 6.07) is 7.54. The number of benzene rings is 2. The summed E-state index contributed by atoms with van der Waals surface area (Å²) in [4.78, 5) is 22.9. The molecule has 158 valence electrons. The summed E-state index contributed by atoms with van der Waals surface area (Å²) in [6.07, 6.45) is 0. The molecule has 0 unspecified atom stereocenters. The zero-order chi connectivity index (χ0) is 22.1. The summed E-state index contributed by atoms with van der Waals surface area (Å²) in [6.45, 7) is 0. The van der Waals surface area contributed by atoms with Crippen molar-refractivity contribution >= 4 is 32.6 Å². The van der Waals surface area contributed by atoms with E-state index in [9.17, 15) is 23.1 Å². The van der Waals surface area contributed by atoms with Gasteiger partial charge in [-0.15, -0.1) is 0 Å². The van der Waals surface area contributed by atoms with Crippen LogP contribution in [-0.4, -0.2) is 40.8 Å². The predicted octanol–water partition coefficient (Wildman–Crippen LogP) is 2.32. The molecule has 0 bridgehead atoms. The Labute approximate surface area is 170 Å². The van der Waals surface area contributed by atoms with Crippen LogP contribution in [-0.2, 0) is 10.0 Å². The van der Waals surface area contributed by atoms with Gasteiger partial charge in [0.25, 0.3) is 10.0 Å². The average Bonchev–Trinajstić information content (AvgIpc) is 2.72. The minimum absolute atomic E-state index is 0.0167. The molecule has 0 amide bonds. The van der Waals surface area contributed by atoms with E-state index in [1.165, 1.54) is 45.6 Å². The molecular weight excluding hydrogens is 418 g/mol. The van der Waals surface area contributed by atoms with E-state index < -0.39 is 27.2 Å². The van der Waals surface area contributed by atoms with Crippen molar-refractivity contribution in [2.75, 3.05) is 26.1 Å². The third kappa shape index (κ3) is 3.74. The first kappa shape index (κ1) is 21.0. The summed E-state index contributed by atoms with van der Waals surface area (Å²) in [5, 5.41) is 9.95. The van der Waals surface area contributed by atoms with E-state index in [0.29, 0.717) is 5.39 Å². The third-order valence-electron chi connectivity index (χ3n) is 4.20. The van der Waals surface area contributed by atoms with E-state index >= 15 is 0 Å². The Morgan fingerprint density at radius 3 is 2.30 bits per heavy atom. The number of sulfonamides is 1. The first-order valence-corrected chi connectivity index (χ1v) is 9.83. The fourth-order valence-electron chi connectivity index (χ4n) is 2.84. The van der Waals surface area contributed by atoms with Crippen LogP contribution in [0.2, 0.25) is 0 Å². The molecule has 0 atom stereocenters. The number of fused-ring (bicyclic) bond motifs is 1. The molecular formula is C19H17NO9S. The second kappa shape index (κ2) is 7.95. The summed E-state index contributed by atoms with van der Waals surface area (Å²) >= 11 is 0. The lowest BCUT2D eigenvalue weighted by Gasteiger charge is -2.19. The highest BCUT2D eigenvalue weighted by atomic mass is 32.2. The average molecular weight is 435 g/mol. The molecule has 2 aromatic carbocycles. The van der Waals surface area contributed by atoms with Gasteiger partial charge in [-0.3, -0.25) is 4.72 Å². The van der Waals surface area contributed by atoms with Crippen molar-refractivity contribution in [3.05, 3.63) is 52.4 Å². The number of rotatable bonds is 7. The Hall–Kier alpha value is -3.73. The Morgan fingerprint density at radius 2 is 1.70 bits per heavy atom. The number of carboxylic acids is 1. The van der Waals surface area contributed by atoms with Gasteiger partial charge in [0.2, 0.25) is 5.75 Å². The van der Waals surface area contributed by atoms with Crippen molar-refractivity contribution in [3.63, 3.8) is 0 Å². The van der Waals surface area contributed by atoms with Gasteiger partial charge in [0.15, 0.2) is 11.5 Å². The number of hydrogen-bond acceptors (Lipinski definition) is 8. The smallest absolute Gasteiger partial charge is 0.338 e. The van der Waals surface area contributed by atoms with Crippen LogP contribution >= 0.6 is 0 Å². The molecule has 0 saturated carbocycles. The van der Waals surface area contributed by atoms with E-state index in [2.05, 4.69) is 4.72 Å². The van der Waals surface area contributed by atoms with Crippen molar-refractivity contribution in [3.8, 4) is 17.2 Å². The highest BCUT2D eigenvalue weighted by molar-refractivity contribution is 7.92. The molecule has 0 radical (unpaired) electrons. The summed E-state index contributed by atoms with van der Waals surface area (Å²) in [5.41, 5.74) is -1.10. The zero-order valence-electron chi connectivity index (χ0n) is 16.1. The fourth-order valence-corrected chi connectivity index (χ4v) is 3.96. The number of nitrogens with one attached hydrogen (secondary N) is 1. The summed E-state index contributed by atoms with van der Waals surface area (Å²) in [5.74, 6) is -1.50. The molecule has 10 nitrogen and oxygen atoms in total. The van der Waals surface area contributed by atoms with Gasteiger partial charge in [0, 0.05) is 17.5 Å². The first-order chi connectivity index (χ1) is 14.2. The van der Waals surface area contributed by atoms with E-state index in [1.807, 2.05) is 0 Å². The van der Waals surface area contributed by atoms with E-state index in [-0.39, 0.29) is 33.4 Å². The van der Waals surface area contributed by atoms with Gasteiger partial charge in [0.05, 0.1) is 31.8 Å². The van der Waals surface area contributed by atoms with E-state index in [0.717, 1.165) is 12.1 Å². The molecule has 0 spiro atoms. The number of hydrogen-bond donors (Lipinski definition) is 2. The second-order valence-corrected chi connectivity index (χ2v) is 7.62. The van der Waals surface area contributed by atoms with Gasteiger partial charge in [-0.1, -0.05) is 0 Å². The molecule has 30 heavy (non-hydrogen) atoms. The SMILES string of the molecule is COc1cc(C(=O)O)c(NS(=O)(=O)c2ccc3oc(=O)ccc3c2)c(OC)c1OC. The third-order valence-corrected chi connectivity index (χ3v) is 5.55. The van der Waals surface area contributed by atoms with Gasteiger partial charge in [0.1, 0.15) is 11.3 Å². The maximum atomic E-state index is 13.0. The van der Waals surface area contributed by atoms with Crippen molar-refractivity contribution in [1.82, 2.24) is 0 Å². The number of aromatic carboxylic acids is 1. The van der Waals surface area contributed by atoms with Crippen LogP contribution in [0.3, 0.4) is 0 Å². The van der Waals surface area contributed by atoms with Gasteiger partial charge in [-0.2, -0.15) is 0 Å². The van der Waals surface area contributed by atoms with Crippen molar-refractivity contribution in [1.29, 1.82) is 0 Å². The lowest BCUT2D eigenvalue weighted by Crippen LogP contribution is -2.17. The fraction of sp³-hybridized carbons (Fsp3) is 0.158. The monoisotopic (exact) mass is 435 g/mol. The van der Waals surface area contributed by atoms with Crippen LogP contribution in [0.25, 0.3) is 11.0 Å². The molecule has 0 aliphatic heterocycles. The van der Waals surface area contributed by atoms with Crippen LogP contribution in [0.4, 0.5) is 5.69 Å². The maximum absolute atomic E-state index is 13.0. The topological polar surface area (TPSA) is 141 Å². The van der Waals surface area contributed by atoms with Gasteiger partial charge in [-0.05, 0) is 24.3 Å². The van der Waals surface area contributed by atoms with Gasteiger partial charge < -0.3 is 23.7 Å². The second-order valence-electron chi connectivity index (χ2n) is 5.93. The molecule has 3 aromatic rings. The first-order valence-electron chi connectivity index (χ1n) is 8.34. The molecule has 1 aromatic heterocycles. The van der Waals surface area contributed by atoms with E-state index in [4.69, 9.17) is 18.6 Å². The predicted molar refractivity (Wildman–Crippen MR) is 106 cm³/mol. The quantitative estimate of drug-likeness (QED) is 0.535. The lowest BCUT2D eigenvalue weighted by molar-refractivity contribution is 0.0697. The number of carboxylic acid groups (broad SMARTS) is 1. The van der Waals surface area contributed by atoms with Crippen LogP contribution < -0.4 is 24.6 Å². The summed E-state index contributed by atoms with van der Waals surface area (Å²) < 4.78 is 48.7. The van der Waals surface area contributed by atoms with Crippen molar-refractivity contribution < 1.29 is 36.9 Å². The van der Waals surface area contributed by atoms with Crippen LogP contribution in [0.5, 0.6) is 17.2 Å². The molecule has 3 rings (SSSR count). The van der Waals surface area contributed by atoms with E-state index in [1.54, 1.807) is 0 Å². The molecule has 2 N–H and O–H groups in total. The molecule has 0 saturated heterocycles. The Balaban J connectivity index is 2.17. The van der Waals surface area contributed by atoms with Crippen molar-refractivity contribution in [2.24, 2.45) is 0 Å². The highest BCUT2D eigenvalue weighted by Gasteiger charge is 2.28. The highest BCUT2D eigenvalue weighted by Crippen LogP contribution is 2.46. The molecule has 0 aliphatic carbocycles. The number of anilines is 1. The lowest BCUT2D eigenvalue weighted by atomic mass is 10.1. The Bertz CT molecular complexity index is 1300. The maximum Gasteiger partial charge on any atom is 0.338 e. The minimum atomic E-state index is -4.26. The number of carbonyl (C=O) groups is 1. The van der Waals surface area contributed by atoms with Gasteiger partial charge >= 0.3 is 11.6 Å². The standard InChI is InChI=1S/C19H17NO9S/c1-26-14-9-12(19(22)23)16(18(28-3)17(14)27-2)20-30(24,25)11-5-6-13-10(8-11)4-7-15(21)29-13/h4-9,20H,1-3H3,(H,22,23). The zero-order valence-corrected chi connectivity index (χ0v) is 16.9. The molecule has 11 heteroatoms. The Kier molecular flexibility index (Phi) is 5.56. The van der Waals surface area contributed by atoms with Crippen molar-refractivity contribution in [2.45, 2.75) is 4.90 Å². The number of ether oxygens (including phenoxy) is 3. The molecule has 0 fully saturated rings. The Morgan fingerprint density at radius 1 is 1.00 bits per heavy atom. The van der Waals surface area contributed by atoms with Crippen LogP contribution in [0.15, 0.2) is 50.5 Å².